The molecule has 0 atom stereocenters. The van der Waals surface area contributed by atoms with Crippen LogP contribution in [0, 0.1) is 5.82 Å². The molecule has 0 aliphatic heterocycles. The number of benzene rings is 1. The summed E-state index contributed by atoms with van der Waals surface area (Å²) in [5.74, 6) is -2.66. The van der Waals surface area contributed by atoms with Crippen LogP contribution >= 0.6 is 11.3 Å². The third-order valence-corrected chi connectivity index (χ3v) is 3.53. The molecule has 110 valence electrons. The highest BCUT2D eigenvalue weighted by Gasteiger charge is 2.34. The highest BCUT2D eigenvalue weighted by molar-refractivity contribution is 7.11. The Morgan fingerprint density at radius 1 is 1.24 bits per heavy atom. The van der Waals surface area contributed by atoms with Crippen LogP contribution in [-0.4, -0.2) is 11.1 Å². The summed E-state index contributed by atoms with van der Waals surface area (Å²) in [6, 6.07) is 5.52. The monoisotopic (exact) mass is 316 g/mol. The molecule has 0 radical (unpaired) electrons. The minimum Gasteiger partial charge on any atom is -0.478 e. The summed E-state index contributed by atoms with van der Waals surface area (Å²) in [5.41, 5.74) is -1.61. The van der Waals surface area contributed by atoms with E-state index in [0.717, 1.165) is 23.5 Å². The number of thiophene rings is 1. The van der Waals surface area contributed by atoms with E-state index in [1.54, 1.807) is 17.5 Å². The van der Waals surface area contributed by atoms with E-state index >= 15 is 0 Å². The van der Waals surface area contributed by atoms with Crippen molar-refractivity contribution < 1.29 is 27.5 Å². The molecule has 0 saturated heterocycles. The van der Waals surface area contributed by atoms with Crippen molar-refractivity contribution in [3.8, 4) is 0 Å². The molecule has 1 heterocycles. The lowest BCUT2D eigenvalue weighted by Crippen LogP contribution is -2.08. The molecule has 1 aromatic carbocycles. The van der Waals surface area contributed by atoms with Crippen LogP contribution in [0.15, 0.2) is 35.7 Å². The zero-order valence-electron chi connectivity index (χ0n) is 10.3. The molecule has 0 aliphatic carbocycles. The quantitative estimate of drug-likeness (QED) is 0.667. The Kier molecular flexibility index (Phi) is 4.13. The summed E-state index contributed by atoms with van der Waals surface area (Å²) in [7, 11) is 0. The van der Waals surface area contributed by atoms with Gasteiger partial charge >= 0.3 is 12.1 Å². The van der Waals surface area contributed by atoms with Gasteiger partial charge < -0.3 is 5.11 Å². The molecule has 0 amide bonds. The van der Waals surface area contributed by atoms with Crippen molar-refractivity contribution in [3.05, 3.63) is 57.5 Å². The first-order chi connectivity index (χ1) is 9.79. The number of aliphatic carboxylic acids is 1. The zero-order valence-corrected chi connectivity index (χ0v) is 11.1. The van der Waals surface area contributed by atoms with Gasteiger partial charge in [0.1, 0.15) is 5.82 Å². The lowest BCUT2D eigenvalue weighted by molar-refractivity contribution is -0.140. The zero-order chi connectivity index (χ0) is 15.6. The number of carbonyl (C=O) groups is 1. The number of halogens is 4. The van der Waals surface area contributed by atoms with E-state index in [1.165, 1.54) is 0 Å². The Hall–Kier alpha value is -2.15. The maximum Gasteiger partial charge on any atom is 0.419 e. The molecule has 1 aromatic heterocycles. The standard InChI is InChI=1S/C14H8F4O2S/c15-11-4-3-8(7-10(11)14(16,17)18)6-9(13(19)20)12-2-1-5-21-12/h1-7H,(H,19,20)/b9-6+. The molecule has 0 spiro atoms. The molecule has 1 N–H and O–H groups in total. The number of alkyl halides is 3. The Balaban J connectivity index is 2.51. The molecule has 0 aliphatic rings. The van der Waals surface area contributed by atoms with Crippen molar-refractivity contribution in [1.29, 1.82) is 0 Å². The fourth-order valence-corrected chi connectivity index (χ4v) is 2.42. The average Bonchev–Trinajstić information content (AvgIpc) is 2.89. The number of carboxylic acids is 1. The predicted molar refractivity (Wildman–Crippen MR) is 71.2 cm³/mol. The number of carboxylic acid groups (broad SMARTS) is 1. The molecular weight excluding hydrogens is 308 g/mol. The van der Waals surface area contributed by atoms with Gasteiger partial charge in [-0.05, 0) is 35.2 Å². The maximum atomic E-state index is 13.2. The van der Waals surface area contributed by atoms with Crippen LogP contribution in [0.4, 0.5) is 17.6 Å². The first-order valence-corrected chi connectivity index (χ1v) is 6.52. The minimum atomic E-state index is -4.83. The van der Waals surface area contributed by atoms with E-state index in [1.807, 2.05) is 0 Å². The van der Waals surface area contributed by atoms with Crippen LogP contribution in [0.1, 0.15) is 16.0 Å². The van der Waals surface area contributed by atoms with E-state index in [2.05, 4.69) is 0 Å². The molecule has 2 rings (SSSR count). The average molecular weight is 316 g/mol. The van der Waals surface area contributed by atoms with Crippen LogP contribution in [0.25, 0.3) is 11.6 Å². The third-order valence-electron chi connectivity index (χ3n) is 2.62. The van der Waals surface area contributed by atoms with Crippen LogP contribution < -0.4 is 0 Å². The SMILES string of the molecule is O=C(O)/C(=C/c1ccc(F)c(C(F)(F)F)c1)c1cccs1. The van der Waals surface area contributed by atoms with Gasteiger partial charge in [-0.15, -0.1) is 11.3 Å². The lowest BCUT2D eigenvalue weighted by Gasteiger charge is -2.09. The van der Waals surface area contributed by atoms with Crippen molar-refractivity contribution in [2.75, 3.05) is 0 Å². The largest absolute Gasteiger partial charge is 0.478 e. The normalized spacial score (nSPS) is 12.5. The number of rotatable bonds is 3. The van der Waals surface area contributed by atoms with Crippen LogP contribution in [-0.2, 0) is 11.0 Å². The molecule has 0 saturated carbocycles. The molecule has 0 unspecified atom stereocenters. The fraction of sp³-hybridized carbons (Fsp3) is 0.0714. The second-order valence-corrected chi connectivity index (χ2v) is 5.03. The smallest absolute Gasteiger partial charge is 0.419 e. The first-order valence-electron chi connectivity index (χ1n) is 5.64. The van der Waals surface area contributed by atoms with Gasteiger partial charge in [0.05, 0.1) is 11.1 Å². The van der Waals surface area contributed by atoms with Crippen LogP contribution in [0.3, 0.4) is 0 Å². The second kappa shape index (κ2) is 5.69. The van der Waals surface area contributed by atoms with Gasteiger partial charge in [-0.1, -0.05) is 12.1 Å². The van der Waals surface area contributed by atoms with Crippen molar-refractivity contribution in [3.63, 3.8) is 0 Å². The molecule has 2 aromatic rings. The first kappa shape index (κ1) is 15.2. The number of hydrogen-bond acceptors (Lipinski definition) is 2. The van der Waals surface area contributed by atoms with Gasteiger partial charge in [0.15, 0.2) is 0 Å². The lowest BCUT2D eigenvalue weighted by atomic mass is 10.1. The summed E-state index contributed by atoms with van der Waals surface area (Å²) >= 11 is 1.15. The molecular formula is C14H8F4O2S. The predicted octanol–water partition coefficient (Wildman–Crippen LogP) is 4.53. The Morgan fingerprint density at radius 3 is 2.48 bits per heavy atom. The highest BCUT2D eigenvalue weighted by atomic mass is 32.1. The summed E-state index contributed by atoms with van der Waals surface area (Å²) in [6.07, 6.45) is -3.75. The molecule has 21 heavy (non-hydrogen) atoms. The van der Waals surface area contributed by atoms with Crippen LogP contribution in [0.5, 0.6) is 0 Å². The van der Waals surface area contributed by atoms with E-state index in [-0.39, 0.29) is 11.1 Å². The molecule has 2 nitrogen and oxygen atoms in total. The molecule has 0 fully saturated rings. The summed E-state index contributed by atoms with van der Waals surface area (Å²) in [4.78, 5) is 11.6. The van der Waals surface area contributed by atoms with Gasteiger partial charge in [0.2, 0.25) is 0 Å². The van der Waals surface area contributed by atoms with Crippen LogP contribution in [0.2, 0.25) is 0 Å². The third kappa shape index (κ3) is 3.49. The maximum absolute atomic E-state index is 13.2. The minimum absolute atomic E-state index is 0.0328. The second-order valence-electron chi connectivity index (χ2n) is 4.08. The van der Waals surface area contributed by atoms with Crippen molar-refractivity contribution >= 4 is 29.0 Å². The summed E-state index contributed by atoms with van der Waals surface area (Å²) < 4.78 is 51.0. The summed E-state index contributed by atoms with van der Waals surface area (Å²) in [6.45, 7) is 0. The van der Waals surface area contributed by atoms with E-state index < -0.39 is 23.5 Å². The van der Waals surface area contributed by atoms with E-state index in [9.17, 15) is 22.4 Å². The van der Waals surface area contributed by atoms with Gasteiger partial charge in [0.25, 0.3) is 0 Å². The highest BCUT2D eigenvalue weighted by Crippen LogP contribution is 2.33. The molecule has 0 bridgehead atoms. The Bertz CT molecular complexity index is 687. The van der Waals surface area contributed by atoms with Gasteiger partial charge in [-0.25, -0.2) is 9.18 Å². The van der Waals surface area contributed by atoms with Crippen molar-refractivity contribution in [1.82, 2.24) is 0 Å². The Morgan fingerprint density at radius 2 is 1.95 bits per heavy atom. The van der Waals surface area contributed by atoms with E-state index in [0.29, 0.717) is 17.0 Å². The van der Waals surface area contributed by atoms with Gasteiger partial charge in [-0.3, -0.25) is 0 Å². The summed E-state index contributed by atoms with van der Waals surface area (Å²) in [5, 5.41) is 10.8. The van der Waals surface area contributed by atoms with Gasteiger partial charge in [0, 0.05) is 4.88 Å². The molecule has 7 heteroatoms. The Labute approximate surface area is 121 Å². The topological polar surface area (TPSA) is 37.3 Å². The van der Waals surface area contributed by atoms with Crippen molar-refractivity contribution in [2.24, 2.45) is 0 Å². The fourth-order valence-electron chi connectivity index (χ4n) is 1.69. The van der Waals surface area contributed by atoms with Crippen molar-refractivity contribution in [2.45, 2.75) is 6.18 Å². The van der Waals surface area contributed by atoms with Gasteiger partial charge in [-0.2, -0.15) is 13.2 Å². The van der Waals surface area contributed by atoms with E-state index in [4.69, 9.17) is 5.11 Å². The number of hydrogen-bond donors (Lipinski definition) is 1.